The third-order valence-corrected chi connectivity index (χ3v) is 3.76. The lowest BCUT2D eigenvalue weighted by atomic mass is 9.83. The molecule has 1 saturated carbocycles. The number of aromatic nitrogens is 4. The fourth-order valence-corrected chi connectivity index (χ4v) is 2.33. The Hall–Kier alpha value is -1.98. The molecule has 6 heteroatoms. The molecule has 0 aliphatic heterocycles. The van der Waals surface area contributed by atoms with Gasteiger partial charge < -0.3 is 5.73 Å². The van der Waals surface area contributed by atoms with Gasteiger partial charge >= 0.3 is 0 Å². The van der Waals surface area contributed by atoms with Gasteiger partial charge in [0.1, 0.15) is 5.82 Å². The Morgan fingerprint density at radius 3 is 2.89 bits per heavy atom. The molecule has 0 saturated heterocycles. The fraction of sp³-hybridized carbons (Fsp3) is 0.462. The van der Waals surface area contributed by atoms with Gasteiger partial charge in [0.2, 0.25) is 0 Å². The first-order valence-electron chi connectivity index (χ1n) is 6.55. The van der Waals surface area contributed by atoms with Crippen molar-refractivity contribution in [3.05, 3.63) is 24.0 Å². The number of benzene rings is 1. The van der Waals surface area contributed by atoms with E-state index in [1.165, 1.54) is 25.3 Å². The predicted molar refractivity (Wildman–Crippen MR) is 69.6 cm³/mol. The van der Waals surface area contributed by atoms with Crippen LogP contribution in [0.2, 0.25) is 0 Å². The van der Waals surface area contributed by atoms with E-state index in [4.69, 9.17) is 5.73 Å². The molecule has 2 N–H and O–H groups in total. The zero-order valence-electron chi connectivity index (χ0n) is 10.6. The van der Waals surface area contributed by atoms with Gasteiger partial charge in [-0.2, -0.15) is 0 Å². The molecule has 0 spiro atoms. The highest BCUT2D eigenvalue weighted by Crippen LogP contribution is 2.30. The third-order valence-electron chi connectivity index (χ3n) is 3.76. The molecule has 0 unspecified atom stereocenters. The Kier molecular flexibility index (Phi) is 3.15. The lowest BCUT2D eigenvalue weighted by molar-refractivity contribution is 0.277. The molecule has 1 aliphatic rings. The number of nitrogens with zero attached hydrogens (tertiary/aromatic N) is 4. The first-order valence-corrected chi connectivity index (χ1v) is 6.55. The van der Waals surface area contributed by atoms with Crippen LogP contribution >= 0.6 is 0 Å². The van der Waals surface area contributed by atoms with E-state index in [1.54, 1.807) is 16.8 Å². The smallest absolute Gasteiger partial charge is 0.182 e. The van der Waals surface area contributed by atoms with E-state index in [0.29, 0.717) is 5.82 Å². The summed E-state index contributed by atoms with van der Waals surface area (Å²) in [6.45, 7) is 0.796. The van der Waals surface area contributed by atoms with E-state index in [1.807, 2.05) is 0 Å². The van der Waals surface area contributed by atoms with Gasteiger partial charge in [0.05, 0.1) is 5.69 Å². The summed E-state index contributed by atoms with van der Waals surface area (Å²) in [5.41, 5.74) is 6.44. The molecule has 0 amide bonds. The van der Waals surface area contributed by atoms with Crippen LogP contribution in [0.5, 0.6) is 0 Å². The maximum Gasteiger partial charge on any atom is 0.182 e. The van der Waals surface area contributed by atoms with E-state index < -0.39 is 5.82 Å². The first-order chi connectivity index (χ1) is 9.24. The number of nitrogens with two attached hydrogens (primary N) is 1. The van der Waals surface area contributed by atoms with E-state index in [0.717, 1.165) is 24.4 Å². The highest BCUT2D eigenvalue weighted by molar-refractivity contribution is 5.61. The zero-order chi connectivity index (χ0) is 13.2. The number of aryl methyl sites for hydroxylation is 1. The minimum absolute atomic E-state index is 0.117. The van der Waals surface area contributed by atoms with Crippen LogP contribution in [-0.2, 0) is 6.54 Å². The van der Waals surface area contributed by atoms with Crippen LogP contribution in [0.15, 0.2) is 18.2 Å². The van der Waals surface area contributed by atoms with Crippen molar-refractivity contribution in [2.45, 2.75) is 32.2 Å². The molecule has 0 atom stereocenters. The van der Waals surface area contributed by atoms with E-state index in [2.05, 4.69) is 15.5 Å². The molecule has 19 heavy (non-hydrogen) atoms. The summed E-state index contributed by atoms with van der Waals surface area (Å²) in [6, 6.07) is 4.56. The molecule has 1 aliphatic carbocycles. The summed E-state index contributed by atoms with van der Waals surface area (Å²) in [5.74, 6) is 1.03. The van der Waals surface area contributed by atoms with Crippen molar-refractivity contribution >= 4 is 5.69 Å². The van der Waals surface area contributed by atoms with Crippen LogP contribution in [0.3, 0.4) is 0 Å². The Morgan fingerprint density at radius 2 is 2.21 bits per heavy atom. The fourth-order valence-electron chi connectivity index (χ4n) is 2.33. The average Bonchev–Trinajstić information content (AvgIpc) is 2.79. The van der Waals surface area contributed by atoms with Crippen LogP contribution in [0, 0.1) is 11.7 Å². The molecule has 0 bridgehead atoms. The number of hydrogen-bond acceptors (Lipinski definition) is 4. The summed E-state index contributed by atoms with van der Waals surface area (Å²) in [6.07, 6.45) is 5.04. The lowest BCUT2D eigenvalue weighted by Gasteiger charge is -2.24. The van der Waals surface area contributed by atoms with Gasteiger partial charge in [0, 0.05) is 12.1 Å². The Labute approximate surface area is 110 Å². The molecular weight excluding hydrogens is 245 g/mol. The van der Waals surface area contributed by atoms with Gasteiger partial charge in [0.25, 0.3) is 0 Å². The second-order valence-corrected chi connectivity index (χ2v) is 5.05. The van der Waals surface area contributed by atoms with Crippen LogP contribution in [0.4, 0.5) is 10.1 Å². The van der Waals surface area contributed by atoms with Crippen molar-refractivity contribution in [3.8, 4) is 11.4 Å². The number of rotatable bonds is 4. The molecule has 1 heterocycles. The molecule has 2 aromatic rings. The Bertz CT molecular complexity index is 576. The number of tetrazole rings is 1. The van der Waals surface area contributed by atoms with Gasteiger partial charge in [0.15, 0.2) is 5.82 Å². The van der Waals surface area contributed by atoms with Crippen LogP contribution < -0.4 is 5.73 Å². The van der Waals surface area contributed by atoms with Gasteiger partial charge in [-0.05, 0) is 41.0 Å². The first kappa shape index (κ1) is 12.1. The Balaban J connectivity index is 1.79. The molecule has 100 valence electrons. The molecular formula is C13H16FN5. The van der Waals surface area contributed by atoms with Crippen molar-refractivity contribution in [3.63, 3.8) is 0 Å². The summed E-state index contributed by atoms with van der Waals surface area (Å²) >= 11 is 0. The number of hydrogen-bond donors (Lipinski definition) is 1. The van der Waals surface area contributed by atoms with Crippen molar-refractivity contribution in [1.29, 1.82) is 0 Å². The lowest BCUT2D eigenvalue weighted by Crippen LogP contribution is -2.15. The van der Waals surface area contributed by atoms with Gasteiger partial charge in [-0.1, -0.05) is 19.3 Å². The molecule has 3 rings (SSSR count). The predicted octanol–water partition coefficient (Wildman–Crippen LogP) is 2.25. The molecule has 1 fully saturated rings. The number of nitrogen functional groups attached to an aromatic ring is 1. The standard InChI is InChI=1S/C13H16FN5/c14-11-5-4-10(8-12(11)15)13-16-17-18-19(13)7-6-9-2-1-3-9/h4-5,8-9H,1-3,6-7,15H2. The maximum absolute atomic E-state index is 13.2. The average molecular weight is 261 g/mol. The molecule has 1 aromatic heterocycles. The molecule has 1 aromatic carbocycles. The molecule has 5 nitrogen and oxygen atoms in total. The summed E-state index contributed by atoms with van der Waals surface area (Å²) in [5, 5.41) is 11.7. The van der Waals surface area contributed by atoms with E-state index >= 15 is 0 Å². The van der Waals surface area contributed by atoms with Gasteiger partial charge in [-0.15, -0.1) is 5.10 Å². The van der Waals surface area contributed by atoms with Crippen LogP contribution in [-0.4, -0.2) is 20.2 Å². The number of anilines is 1. The van der Waals surface area contributed by atoms with Crippen molar-refractivity contribution in [1.82, 2.24) is 20.2 Å². The van der Waals surface area contributed by atoms with E-state index in [-0.39, 0.29) is 5.69 Å². The monoisotopic (exact) mass is 261 g/mol. The quantitative estimate of drug-likeness (QED) is 0.857. The van der Waals surface area contributed by atoms with Gasteiger partial charge in [-0.25, -0.2) is 9.07 Å². The van der Waals surface area contributed by atoms with Crippen LogP contribution in [0.25, 0.3) is 11.4 Å². The zero-order valence-corrected chi connectivity index (χ0v) is 10.6. The second-order valence-electron chi connectivity index (χ2n) is 5.05. The minimum atomic E-state index is -0.419. The normalized spacial score (nSPS) is 15.4. The summed E-state index contributed by atoms with van der Waals surface area (Å²) in [4.78, 5) is 0. The Morgan fingerprint density at radius 1 is 1.37 bits per heavy atom. The topological polar surface area (TPSA) is 69.6 Å². The van der Waals surface area contributed by atoms with Crippen molar-refractivity contribution < 1.29 is 4.39 Å². The van der Waals surface area contributed by atoms with Crippen LogP contribution in [0.1, 0.15) is 25.7 Å². The second kappa shape index (κ2) is 4.95. The summed E-state index contributed by atoms with van der Waals surface area (Å²) in [7, 11) is 0. The van der Waals surface area contributed by atoms with Crippen molar-refractivity contribution in [2.24, 2.45) is 5.92 Å². The highest BCUT2D eigenvalue weighted by Gasteiger charge is 2.18. The minimum Gasteiger partial charge on any atom is -0.396 e. The van der Waals surface area contributed by atoms with Gasteiger partial charge in [-0.3, -0.25) is 0 Å². The third kappa shape index (κ3) is 2.43. The van der Waals surface area contributed by atoms with Crippen molar-refractivity contribution in [2.75, 3.05) is 5.73 Å². The van der Waals surface area contributed by atoms with E-state index in [9.17, 15) is 4.39 Å². The number of halogens is 1. The summed E-state index contributed by atoms with van der Waals surface area (Å²) < 4.78 is 14.9. The molecule has 0 radical (unpaired) electrons. The highest BCUT2D eigenvalue weighted by atomic mass is 19.1. The SMILES string of the molecule is Nc1cc(-c2nnnn2CCC2CCC2)ccc1F. The largest absolute Gasteiger partial charge is 0.396 e. The maximum atomic E-state index is 13.2.